The molecule has 8 heteroatoms. The van der Waals surface area contributed by atoms with E-state index in [9.17, 15) is 14.4 Å². The lowest BCUT2D eigenvalue weighted by Gasteiger charge is -2.14. The quantitative estimate of drug-likeness (QED) is 0.533. The second kappa shape index (κ2) is 9.67. The van der Waals surface area contributed by atoms with Gasteiger partial charge in [-0.3, -0.25) is 19.3 Å². The van der Waals surface area contributed by atoms with Crippen LogP contribution in [0.15, 0.2) is 58.3 Å². The van der Waals surface area contributed by atoms with Crippen molar-refractivity contribution in [2.24, 2.45) is 0 Å². The second-order valence-electron chi connectivity index (χ2n) is 6.07. The maximum absolute atomic E-state index is 12.5. The van der Waals surface area contributed by atoms with Gasteiger partial charge in [0.05, 0.1) is 17.6 Å². The molecule has 6 nitrogen and oxygen atoms in total. The number of hydrogen-bond acceptors (Lipinski definition) is 6. The predicted molar refractivity (Wildman–Crippen MR) is 116 cm³/mol. The van der Waals surface area contributed by atoms with Crippen molar-refractivity contribution in [3.8, 4) is 5.75 Å². The molecule has 1 saturated heterocycles. The average molecular weight is 429 g/mol. The Bertz CT molecular complexity index is 960. The fourth-order valence-electron chi connectivity index (χ4n) is 2.76. The Morgan fingerprint density at radius 3 is 2.66 bits per heavy atom. The molecule has 150 valence electrons. The predicted octanol–water partition coefficient (Wildman–Crippen LogP) is 3.88. The fourth-order valence-corrected chi connectivity index (χ4v) is 4.05. The van der Waals surface area contributed by atoms with Gasteiger partial charge in [-0.2, -0.15) is 0 Å². The van der Waals surface area contributed by atoms with Crippen LogP contribution >= 0.6 is 23.5 Å². The van der Waals surface area contributed by atoms with E-state index >= 15 is 0 Å². The molecule has 0 radical (unpaired) electrons. The number of methoxy groups -OCH3 is 1. The normalized spacial score (nSPS) is 15.1. The molecule has 1 aliphatic heterocycles. The molecule has 1 fully saturated rings. The number of nitrogens with zero attached hydrogens (tertiary/aromatic N) is 1. The van der Waals surface area contributed by atoms with Gasteiger partial charge in [-0.15, -0.1) is 11.8 Å². The molecular formula is C21H20N2O4S2. The molecule has 2 aromatic carbocycles. The average Bonchev–Trinajstić information content (AvgIpc) is 3.01. The van der Waals surface area contributed by atoms with Crippen molar-refractivity contribution in [1.29, 1.82) is 0 Å². The van der Waals surface area contributed by atoms with Crippen LogP contribution in [0.2, 0.25) is 0 Å². The number of rotatable bonds is 7. The Morgan fingerprint density at radius 1 is 1.21 bits per heavy atom. The maximum atomic E-state index is 12.5. The number of benzene rings is 2. The Morgan fingerprint density at radius 2 is 1.97 bits per heavy atom. The highest BCUT2D eigenvalue weighted by molar-refractivity contribution is 8.18. The van der Waals surface area contributed by atoms with Crippen LogP contribution in [0.25, 0.3) is 6.08 Å². The molecule has 1 aliphatic rings. The van der Waals surface area contributed by atoms with Gasteiger partial charge >= 0.3 is 0 Å². The van der Waals surface area contributed by atoms with Gasteiger partial charge in [0, 0.05) is 18.0 Å². The van der Waals surface area contributed by atoms with Gasteiger partial charge in [-0.1, -0.05) is 30.3 Å². The number of thioether (sulfide) groups is 2. The summed E-state index contributed by atoms with van der Waals surface area (Å²) >= 11 is 2.46. The van der Waals surface area contributed by atoms with Crippen LogP contribution in [0.4, 0.5) is 4.79 Å². The van der Waals surface area contributed by atoms with Gasteiger partial charge in [0.1, 0.15) is 5.75 Å². The minimum atomic E-state index is -0.347. The lowest BCUT2D eigenvalue weighted by Crippen LogP contribution is -2.37. The lowest BCUT2D eigenvalue weighted by atomic mass is 10.2. The highest BCUT2D eigenvalue weighted by Crippen LogP contribution is 2.32. The Hall–Kier alpha value is -2.71. The van der Waals surface area contributed by atoms with E-state index in [-0.39, 0.29) is 30.1 Å². The van der Waals surface area contributed by atoms with E-state index in [2.05, 4.69) is 5.32 Å². The SMILES string of the molecule is COc1cc(SC)ccc1C(=O)NCCN1C(=O)SC(=Cc2ccccc2)C1=O. The van der Waals surface area contributed by atoms with Crippen LogP contribution < -0.4 is 10.1 Å². The molecule has 29 heavy (non-hydrogen) atoms. The second-order valence-corrected chi connectivity index (χ2v) is 7.94. The fraction of sp³-hybridized carbons (Fsp3) is 0.190. The monoisotopic (exact) mass is 428 g/mol. The number of carbonyl (C=O) groups is 3. The maximum Gasteiger partial charge on any atom is 0.293 e. The van der Waals surface area contributed by atoms with Crippen LogP contribution in [0.5, 0.6) is 5.75 Å². The molecule has 0 aromatic heterocycles. The number of hydrogen-bond donors (Lipinski definition) is 1. The van der Waals surface area contributed by atoms with E-state index in [0.29, 0.717) is 16.2 Å². The van der Waals surface area contributed by atoms with Crippen LogP contribution in [-0.2, 0) is 4.79 Å². The highest BCUT2D eigenvalue weighted by atomic mass is 32.2. The molecule has 1 N–H and O–H groups in total. The van der Waals surface area contributed by atoms with Crippen molar-refractivity contribution in [2.75, 3.05) is 26.5 Å². The van der Waals surface area contributed by atoms with Gasteiger partial charge in [0.2, 0.25) is 0 Å². The van der Waals surface area contributed by atoms with Gasteiger partial charge < -0.3 is 10.1 Å². The smallest absolute Gasteiger partial charge is 0.293 e. The topological polar surface area (TPSA) is 75.7 Å². The Labute approximate surface area is 177 Å². The van der Waals surface area contributed by atoms with Crippen molar-refractivity contribution < 1.29 is 19.1 Å². The summed E-state index contributed by atoms with van der Waals surface area (Å²) in [5, 5.41) is 2.40. The summed E-state index contributed by atoms with van der Waals surface area (Å²) < 4.78 is 5.29. The summed E-state index contributed by atoms with van der Waals surface area (Å²) in [4.78, 5) is 39.7. The third-order valence-corrected chi connectivity index (χ3v) is 5.88. The number of carbonyl (C=O) groups excluding carboxylic acids is 3. The third kappa shape index (κ3) is 5.02. The molecule has 0 spiro atoms. The molecule has 3 amide bonds. The molecule has 0 aliphatic carbocycles. The van der Waals surface area contributed by atoms with E-state index < -0.39 is 0 Å². The lowest BCUT2D eigenvalue weighted by molar-refractivity contribution is -0.122. The summed E-state index contributed by atoms with van der Waals surface area (Å²) in [7, 11) is 1.51. The van der Waals surface area contributed by atoms with Gasteiger partial charge in [-0.05, 0) is 47.9 Å². The van der Waals surface area contributed by atoms with Gasteiger partial charge in [0.15, 0.2) is 0 Å². The molecule has 3 rings (SSSR count). The first-order valence-corrected chi connectivity index (χ1v) is 10.9. The summed E-state index contributed by atoms with van der Waals surface area (Å²) in [6.45, 7) is 0.261. The number of amides is 3. The molecule has 0 saturated carbocycles. The number of imide groups is 1. The summed E-state index contributed by atoms with van der Waals surface area (Å²) in [6, 6.07) is 14.7. The van der Waals surface area contributed by atoms with Crippen LogP contribution in [-0.4, -0.2) is 48.4 Å². The summed E-state index contributed by atoms with van der Waals surface area (Å²) in [6.07, 6.45) is 3.64. The number of ether oxygens (including phenoxy) is 1. The Balaban J connectivity index is 1.60. The summed E-state index contributed by atoms with van der Waals surface area (Å²) in [5.74, 6) is -0.187. The van der Waals surface area contributed by atoms with Crippen molar-refractivity contribution in [2.45, 2.75) is 4.90 Å². The van der Waals surface area contributed by atoms with E-state index in [1.165, 1.54) is 7.11 Å². The first-order valence-electron chi connectivity index (χ1n) is 8.84. The van der Waals surface area contributed by atoms with E-state index in [0.717, 1.165) is 27.1 Å². The largest absolute Gasteiger partial charge is 0.496 e. The standard InChI is InChI=1S/C21H20N2O4S2/c1-27-17-13-15(28-2)8-9-16(17)19(24)22-10-11-23-20(25)18(29-21(23)26)12-14-6-4-3-5-7-14/h3-9,12-13H,10-11H2,1-2H3,(H,22,24). The molecule has 0 unspecified atom stereocenters. The van der Waals surface area contributed by atoms with Crippen LogP contribution in [0, 0.1) is 0 Å². The molecule has 2 aromatic rings. The van der Waals surface area contributed by atoms with Crippen molar-refractivity contribution in [1.82, 2.24) is 10.2 Å². The zero-order valence-corrected chi connectivity index (χ0v) is 17.6. The Kier molecular flexibility index (Phi) is 7.00. The molecular weight excluding hydrogens is 408 g/mol. The minimum absolute atomic E-state index is 0.105. The number of nitrogens with one attached hydrogen (secondary N) is 1. The zero-order valence-electron chi connectivity index (χ0n) is 16.0. The van der Waals surface area contributed by atoms with E-state index in [4.69, 9.17) is 4.74 Å². The van der Waals surface area contributed by atoms with E-state index in [1.54, 1.807) is 30.0 Å². The third-order valence-electron chi connectivity index (χ3n) is 4.25. The highest BCUT2D eigenvalue weighted by Gasteiger charge is 2.34. The van der Waals surface area contributed by atoms with E-state index in [1.807, 2.05) is 42.7 Å². The summed E-state index contributed by atoms with van der Waals surface area (Å²) in [5.41, 5.74) is 1.26. The molecule has 1 heterocycles. The van der Waals surface area contributed by atoms with Gasteiger partial charge in [-0.25, -0.2) is 0 Å². The van der Waals surface area contributed by atoms with Crippen molar-refractivity contribution in [3.05, 3.63) is 64.6 Å². The molecule has 0 atom stereocenters. The van der Waals surface area contributed by atoms with Gasteiger partial charge in [0.25, 0.3) is 17.1 Å². The van der Waals surface area contributed by atoms with Crippen molar-refractivity contribution in [3.63, 3.8) is 0 Å². The molecule has 0 bridgehead atoms. The van der Waals surface area contributed by atoms with Crippen LogP contribution in [0.3, 0.4) is 0 Å². The minimum Gasteiger partial charge on any atom is -0.496 e. The first kappa shape index (κ1) is 21.0. The van der Waals surface area contributed by atoms with Crippen LogP contribution in [0.1, 0.15) is 15.9 Å². The first-order chi connectivity index (χ1) is 14.0. The van der Waals surface area contributed by atoms with Crippen molar-refractivity contribution >= 4 is 46.7 Å². The zero-order chi connectivity index (χ0) is 20.8.